The number of hydrogen-bond donors (Lipinski definition) is 3. The van der Waals surface area contributed by atoms with Crippen LogP contribution in [-0.2, 0) is 13.0 Å². The molecule has 6 nitrogen and oxygen atoms in total. The van der Waals surface area contributed by atoms with Crippen LogP contribution >= 0.6 is 35.3 Å². The van der Waals surface area contributed by atoms with Crippen molar-refractivity contribution in [3.05, 3.63) is 76.6 Å². The molecule has 0 aliphatic heterocycles. The van der Waals surface area contributed by atoms with E-state index >= 15 is 0 Å². The van der Waals surface area contributed by atoms with Gasteiger partial charge in [0.25, 0.3) is 0 Å². The summed E-state index contributed by atoms with van der Waals surface area (Å²) in [5.41, 5.74) is 0.820. The van der Waals surface area contributed by atoms with Crippen molar-refractivity contribution in [3.8, 4) is 0 Å². The van der Waals surface area contributed by atoms with Crippen LogP contribution in [-0.4, -0.2) is 29.1 Å². The Morgan fingerprint density at radius 1 is 1.19 bits per heavy atom. The van der Waals surface area contributed by atoms with Gasteiger partial charge in [-0.3, -0.25) is 4.98 Å². The Hall–Kier alpha value is -1.91. The van der Waals surface area contributed by atoms with Gasteiger partial charge in [-0.1, -0.05) is 6.07 Å². The lowest BCUT2D eigenvalue weighted by molar-refractivity contribution is 0.180. The number of aliphatic imine (C=N–C) groups is 1. The molecule has 0 aliphatic rings. The molecule has 3 N–H and O–H groups in total. The number of furan rings is 1. The predicted octanol–water partition coefficient (Wildman–Crippen LogP) is 3.37. The number of thiophene rings is 1. The van der Waals surface area contributed by atoms with Crippen molar-refractivity contribution in [1.29, 1.82) is 0 Å². The Morgan fingerprint density at radius 3 is 2.74 bits per heavy atom. The summed E-state index contributed by atoms with van der Waals surface area (Å²) in [6.07, 6.45) is 5.15. The predicted molar refractivity (Wildman–Crippen MR) is 118 cm³/mol. The molecule has 0 aliphatic carbocycles. The molecule has 0 saturated carbocycles. The van der Waals surface area contributed by atoms with E-state index in [0.717, 1.165) is 17.7 Å². The molecule has 0 spiro atoms. The number of nitrogens with zero attached hydrogens (tertiary/aromatic N) is 2. The number of halogens is 1. The van der Waals surface area contributed by atoms with Gasteiger partial charge in [0, 0.05) is 36.8 Å². The second-order valence-corrected chi connectivity index (χ2v) is 6.71. The Balaban J connectivity index is 0.00000261. The van der Waals surface area contributed by atoms with E-state index in [1.165, 1.54) is 4.88 Å². The number of nitrogens with one attached hydrogen (secondary N) is 2. The maximum atomic E-state index is 10.3. The van der Waals surface area contributed by atoms with Crippen LogP contribution in [0.2, 0.25) is 0 Å². The fraction of sp³-hybridized carbons (Fsp3) is 0.263. The second-order valence-electron chi connectivity index (χ2n) is 5.68. The molecule has 0 radical (unpaired) electrons. The molecule has 0 saturated heterocycles. The highest BCUT2D eigenvalue weighted by molar-refractivity contribution is 14.0. The minimum Gasteiger partial charge on any atom is -0.469 e. The third-order valence-corrected chi connectivity index (χ3v) is 4.63. The average Bonchev–Trinajstić information content (AvgIpc) is 3.38. The molecule has 8 heteroatoms. The van der Waals surface area contributed by atoms with E-state index in [4.69, 9.17) is 4.42 Å². The molecule has 3 aromatic rings. The first-order valence-corrected chi connectivity index (χ1v) is 9.34. The number of rotatable bonds is 8. The Morgan fingerprint density at radius 2 is 2.04 bits per heavy atom. The zero-order valence-electron chi connectivity index (χ0n) is 14.7. The van der Waals surface area contributed by atoms with Crippen molar-refractivity contribution in [3.63, 3.8) is 0 Å². The molecule has 0 bridgehead atoms. The topological polar surface area (TPSA) is 82.7 Å². The molecular weight excluding hydrogens is 475 g/mol. The monoisotopic (exact) mass is 498 g/mol. The summed E-state index contributed by atoms with van der Waals surface area (Å²) >= 11 is 1.67. The van der Waals surface area contributed by atoms with E-state index in [9.17, 15) is 5.11 Å². The Labute approximate surface area is 179 Å². The van der Waals surface area contributed by atoms with Gasteiger partial charge in [-0.25, -0.2) is 4.99 Å². The minimum absolute atomic E-state index is 0. The SMILES string of the molecule is I.OC(CNC(=NCc1cccs1)NCCc1ccco1)c1ccncc1. The maximum Gasteiger partial charge on any atom is 0.191 e. The van der Waals surface area contributed by atoms with Gasteiger partial charge in [-0.15, -0.1) is 35.3 Å². The molecule has 3 heterocycles. The number of aliphatic hydroxyl groups excluding tert-OH is 1. The Bertz CT molecular complexity index is 779. The molecule has 0 fully saturated rings. The molecule has 1 atom stereocenters. The van der Waals surface area contributed by atoms with Gasteiger partial charge in [0.05, 0.1) is 18.9 Å². The lowest BCUT2D eigenvalue weighted by atomic mass is 10.1. The van der Waals surface area contributed by atoms with Crippen molar-refractivity contribution in [2.45, 2.75) is 19.1 Å². The lowest BCUT2D eigenvalue weighted by Gasteiger charge is -2.16. The van der Waals surface area contributed by atoms with Crippen molar-refractivity contribution >= 4 is 41.3 Å². The van der Waals surface area contributed by atoms with Crippen molar-refractivity contribution < 1.29 is 9.52 Å². The quantitative estimate of drug-likeness (QED) is 0.252. The third kappa shape index (κ3) is 7.31. The summed E-state index contributed by atoms with van der Waals surface area (Å²) in [5, 5.41) is 18.8. The Kier molecular flexibility index (Phi) is 9.29. The third-order valence-electron chi connectivity index (χ3n) is 3.77. The first-order chi connectivity index (χ1) is 12.8. The van der Waals surface area contributed by atoms with Gasteiger partial charge in [0.1, 0.15) is 5.76 Å². The maximum absolute atomic E-state index is 10.3. The van der Waals surface area contributed by atoms with Gasteiger partial charge in [0.15, 0.2) is 5.96 Å². The number of aliphatic hydroxyl groups is 1. The summed E-state index contributed by atoms with van der Waals surface area (Å²) in [6, 6.07) is 11.5. The van der Waals surface area contributed by atoms with Gasteiger partial charge >= 0.3 is 0 Å². The zero-order valence-corrected chi connectivity index (χ0v) is 17.9. The van der Waals surface area contributed by atoms with E-state index < -0.39 is 6.10 Å². The van der Waals surface area contributed by atoms with E-state index in [1.807, 2.05) is 23.6 Å². The van der Waals surface area contributed by atoms with Crippen LogP contribution in [0.15, 0.2) is 69.8 Å². The number of guanidine groups is 1. The van der Waals surface area contributed by atoms with Crippen LogP contribution in [0.1, 0.15) is 22.3 Å². The summed E-state index contributed by atoms with van der Waals surface area (Å²) in [5.74, 6) is 1.59. The number of aromatic nitrogens is 1. The van der Waals surface area contributed by atoms with Crippen LogP contribution in [0.25, 0.3) is 0 Å². The number of pyridine rings is 1. The van der Waals surface area contributed by atoms with E-state index in [-0.39, 0.29) is 24.0 Å². The van der Waals surface area contributed by atoms with Gasteiger partial charge in [0.2, 0.25) is 0 Å². The highest BCUT2D eigenvalue weighted by atomic mass is 127. The molecule has 0 aromatic carbocycles. The zero-order chi connectivity index (χ0) is 18.0. The van der Waals surface area contributed by atoms with Gasteiger partial charge in [-0.05, 0) is 41.3 Å². The van der Waals surface area contributed by atoms with E-state index in [1.54, 1.807) is 42.1 Å². The van der Waals surface area contributed by atoms with Crippen molar-refractivity contribution in [1.82, 2.24) is 15.6 Å². The number of hydrogen-bond acceptors (Lipinski definition) is 5. The van der Waals surface area contributed by atoms with Crippen LogP contribution < -0.4 is 10.6 Å². The average molecular weight is 498 g/mol. The van der Waals surface area contributed by atoms with E-state index in [0.29, 0.717) is 25.6 Å². The molecule has 3 aromatic heterocycles. The molecular formula is C19H23IN4O2S. The molecule has 3 rings (SSSR count). The highest BCUT2D eigenvalue weighted by Crippen LogP contribution is 2.11. The van der Waals surface area contributed by atoms with Crippen LogP contribution in [0.4, 0.5) is 0 Å². The fourth-order valence-electron chi connectivity index (χ4n) is 2.39. The van der Waals surface area contributed by atoms with E-state index in [2.05, 4.69) is 26.7 Å². The minimum atomic E-state index is -0.628. The molecule has 1 unspecified atom stereocenters. The van der Waals surface area contributed by atoms with Gasteiger partial charge in [-0.2, -0.15) is 0 Å². The highest BCUT2D eigenvalue weighted by Gasteiger charge is 2.08. The van der Waals surface area contributed by atoms with Crippen molar-refractivity contribution in [2.75, 3.05) is 13.1 Å². The lowest BCUT2D eigenvalue weighted by Crippen LogP contribution is -2.40. The summed E-state index contributed by atoms with van der Waals surface area (Å²) < 4.78 is 5.35. The summed E-state index contributed by atoms with van der Waals surface area (Å²) in [6.45, 7) is 1.65. The summed E-state index contributed by atoms with van der Waals surface area (Å²) in [7, 11) is 0. The van der Waals surface area contributed by atoms with Crippen LogP contribution in [0.5, 0.6) is 0 Å². The van der Waals surface area contributed by atoms with Crippen LogP contribution in [0, 0.1) is 0 Å². The first-order valence-electron chi connectivity index (χ1n) is 8.46. The smallest absolute Gasteiger partial charge is 0.191 e. The summed E-state index contributed by atoms with van der Waals surface area (Å²) in [4.78, 5) is 9.76. The van der Waals surface area contributed by atoms with Crippen LogP contribution in [0.3, 0.4) is 0 Å². The second kappa shape index (κ2) is 11.7. The fourth-order valence-corrected chi connectivity index (χ4v) is 3.02. The normalized spacial score (nSPS) is 12.3. The van der Waals surface area contributed by atoms with Gasteiger partial charge < -0.3 is 20.2 Å². The molecule has 27 heavy (non-hydrogen) atoms. The standard InChI is InChI=1S/C19H22N4O2S.HI/c24-18(15-5-8-20-9-6-15)14-23-19(22-13-17-4-2-12-26-17)21-10-7-16-3-1-11-25-16;/h1-6,8-9,11-12,18,24H,7,10,13-14H2,(H2,21,22,23);1H. The molecule has 144 valence electrons. The molecule has 0 amide bonds. The largest absolute Gasteiger partial charge is 0.469 e. The van der Waals surface area contributed by atoms with Crippen molar-refractivity contribution in [2.24, 2.45) is 4.99 Å². The first kappa shape index (κ1) is 21.4.